The molecule has 7 nitrogen and oxygen atoms in total. The molecule has 3 N–H and O–H groups in total. The van der Waals surface area contributed by atoms with Crippen molar-refractivity contribution in [3.8, 4) is 0 Å². The van der Waals surface area contributed by atoms with E-state index in [1.165, 1.54) is 14.1 Å². The summed E-state index contributed by atoms with van der Waals surface area (Å²) in [6.45, 7) is 0.368. The van der Waals surface area contributed by atoms with Crippen molar-refractivity contribution in [3.05, 3.63) is 50.7 Å². The highest BCUT2D eigenvalue weighted by molar-refractivity contribution is 5.48. The minimum Gasteiger partial charge on any atom is -0.398 e. The Morgan fingerprint density at radius 3 is 2.63 bits per heavy atom. The normalized spacial score (nSPS) is 10.4. The van der Waals surface area contributed by atoms with E-state index in [0.29, 0.717) is 12.2 Å². The molecule has 2 rings (SSSR count). The molecule has 0 bridgehead atoms. The first-order valence-corrected chi connectivity index (χ1v) is 5.72. The first-order valence-electron chi connectivity index (χ1n) is 5.72. The lowest BCUT2D eigenvalue weighted by atomic mass is 10.2. The number of rotatable bonds is 3. The van der Waals surface area contributed by atoms with Crippen molar-refractivity contribution in [2.45, 2.75) is 6.54 Å². The molecule has 0 amide bonds. The van der Waals surface area contributed by atoms with Crippen molar-refractivity contribution < 1.29 is 0 Å². The van der Waals surface area contributed by atoms with Crippen LogP contribution in [0.15, 0.2) is 33.9 Å². The fourth-order valence-electron chi connectivity index (χ4n) is 1.68. The summed E-state index contributed by atoms with van der Waals surface area (Å²) < 4.78 is 2.11. The van der Waals surface area contributed by atoms with Crippen LogP contribution in [0.1, 0.15) is 5.56 Å². The molecule has 0 aliphatic heterocycles. The van der Waals surface area contributed by atoms with Crippen molar-refractivity contribution in [3.63, 3.8) is 0 Å². The summed E-state index contributed by atoms with van der Waals surface area (Å²) in [5, 5.41) is 6.79. The van der Waals surface area contributed by atoms with Gasteiger partial charge >= 0.3 is 5.69 Å². The summed E-state index contributed by atoms with van der Waals surface area (Å²) in [7, 11) is 2.90. The first kappa shape index (κ1) is 12.9. The van der Waals surface area contributed by atoms with E-state index >= 15 is 0 Å². The van der Waals surface area contributed by atoms with E-state index in [-0.39, 0.29) is 5.82 Å². The number of aromatic nitrogens is 3. The van der Waals surface area contributed by atoms with Crippen LogP contribution in [0.3, 0.4) is 0 Å². The molecule has 1 aromatic heterocycles. The number of benzene rings is 1. The summed E-state index contributed by atoms with van der Waals surface area (Å²) >= 11 is 0. The van der Waals surface area contributed by atoms with Gasteiger partial charge in [-0.2, -0.15) is 0 Å². The summed E-state index contributed by atoms with van der Waals surface area (Å²) in [5.41, 5.74) is 6.38. The zero-order chi connectivity index (χ0) is 14.0. The van der Waals surface area contributed by atoms with Gasteiger partial charge in [-0.15, -0.1) is 5.10 Å². The predicted molar refractivity (Wildman–Crippen MR) is 72.9 cm³/mol. The largest absolute Gasteiger partial charge is 0.398 e. The lowest BCUT2D eigenvalue weighted by Gasteiger charge is -2.09. The molecule has 19 heavy (non-hydrogen) atoms. The molecule has 0 fully saturated rings. The lowest BCUT2D eigenvalue weighted by Crippen LogP contribution is -2.39. The fourth-order valence-corrected chi connectivity index (χ4v) is 1.68. The second kappa shape index (κ2) is 4.97. The van der Waals surface area contributed by atoms with Crippen LogP contribution in [0.5, 0.6) is 0 Å². The quantitative estimate of drug-likeness (QED) is 0.738. The Kier molecular flexibility index (Phi) is 3.37. The molecule has 1 heterocycles. The van der Waals surface area contributed by atoms with Crippen molar-refractivity contribution in [1.29, 1.82) is 0 Å². The number of nitrogens with zero attached hydrogens (tertiary/aromatic N) is 3. The van der Waals surface area contributed by atoms with Crippen molar-refractivity contribution in [1.82, 2.24) is 14.3 Å². The van der Waals surface area contributed by atoms with E-state index in [0.717, 1.165) is 14.8 Å². The summed E-state index contributed by atoms with van der Waals surface area (Å²) in [5.74, 6) is 0.118. The zero-order valence-corrected chi connectivity index (χ0v) is 10.8. The van der Waals surface area contributed by atoms with Gasteiger partial charge in [0.1, 0.15) is 0 Å². The number of nitrogens with two attached hydrogens (primary N) is 1. The van der Waals surface area contributed by atoms with Crippen LogP contribution >= 0.6 is 0 Å². The van der Waals surface area contributed by atoms with Gasteiger partial charge in [0.05, 0.1) is 0 Å². The third-order valence-corrected chi connectivity index (χ3v) is 2.82. The Hall–Kier alpha value is -2.57. The maximum Gasteiger partial charge on any atom is 0.346 e. The maximum absolute atomic E-state index is 11.8. The molecule has 0 saturated carbocycles. The monoisotopic (exact) mass is 261 g/mol. The van der Waals surface area contributed by atoms with Gasteiger partial charge < -0.3 is 11.1 Å². The third-order valence-electron chi connectivity index (χ3n) is 2.82. The third kappa shape index (κ3) is 2.49. The second-order valence-corrected chi connectivity index (χ2v) is 4.17. The Balaban J connectivity index is 2.29. The Morgan fingerprint density at radius 2 is 1.95 bits per heavy atom. The number of aryl methyl sites for hydroxylation is 1. The van der Waals surface area contributed by atoms with Crippen molar-refractivity contribution in [2.24, 2.45) is 14.1 Å². The molecular weight excluding hydrogens is 246 g/mol. The van der Waals surface area contributed by atoms with Crippen molar-refractivity contribution >= 4 is 11.5 Å². The Morgan fingerprint density at radius 1 is 1.26 bits per heavy atom. The number of nitrogen functional groups attached to an aromatic ring is 1. The highest BCUT2D eigenvalue weighted by atomic mass is 16.2. The number of anilines is 2. The van der Waals surface area contributed by atoms with Gasteiger partial charge in [-0.05, 0) is 11.6 Å². The van der Waals surface area contributed by atoms with Crippen LogP contribution in [0, 0.1) is 0 Å². The minimum absolute atomic E-state index is 0.118. The van der Waals surface area contributed by atoms with Crippen LogP contribution in [0.25, 0.3) is 0 Å². The predicted octanol–water partition coefficient (Wildman–Crippen LogP) is -0.327. The molecule has 0 atom stereocenters. The van der Waals surface area contributed by atoms with Gasteiger partial charge in [0.25, 0.3) is 5.56 Å². The van der Waals surface area contributed by atoms with E-state index in [1.54, 1.807) is 6.07 Å². The number of hydrogen-bond acceptors (Lipinski definition) is 5. The molecule has 0 aliphatic rings. The van der Waals surface area contributed by atoms with E-state index < -0.39 is 11.2 Å². The Labute approximate surface area is 109 Å². The zero-order valence-electron chi connectivity index (χ0n) is 10.8. The van der Waals surface area contributed by atoms with Gasteiger partial charge in [0.15, 0.2) is 0 Å². The SMILES string of the molecule is Cn1nc(NCc2ccccc2N)c(=O)n(C)c1=O. The lowest BCUT2D eigenvalue weighted by molar-refractivity contribution is 0.604. The fraction of sp³-hybridized carbons (Fsp3) is 0.250. The van der Waals surface area contributed by atoms with Gasteiger partial charge in [-0.3, -0.25) is 9.36 Å². The van der Waals surface area contributed by atoms with Gasteiger partial charge in [0, 0.05) is 26.3 Å². The van der Waals surface area contributed by atoms with Crippen LogP contribution in [-0.2, 0) is 20.6 Å². The molecule has 7 heteroatoms. The average molecular weight is 261 g/mol. The molecular formula is C12H15N5O2. The van der Waals surface area contributed by atoms with E-state index in [1.807, 2.05) is 18.2 Å². The van der Waals surface area contributed by atoms with Crippen LogP contribution in [0.2, 0.25) is 0 Å². The van der Waals surface area contributed by atoms with Crippen LogP contribution < -0.4 is 22.3 Å². The highest BCUT2D eigenvalue weighted by Crippen LogP contribution is 2.11. The summed E-state index contributed by atoms with van der Waals surface area (Å²) in [4.78, 5) is 23.3. The van der Waals surface area contributed by atoms with Crippen LogP contribution in [0.4, 0.5) is 11.5 Å². The average Bonchev–Trinajstić information content (AvgIpc) is 2.40. The smallest absolute Gasteiger partial charge is 0.346 e. The summed E-state index contributed by atoms with van der Waals surface area (Å²) in [6.07, 6.45) is 0. The van der Waals surface area contributed by atoms with Crippen LogP contribution in [-0.4, -0.2) is 14.3 Å². The first-order chi connectivity index (χ1) is 9.00. The molecule has 2 aromatic rings. The van der Waals surface area contributed by atoms with Gasteiger partial charge in [-0.1, -0.05) is 18.2 Å². The van der Waals surface area contributed by atoms with Gasteiger partial charge in [0.2, 0.25) is 5.82 Å². The molecule has 0 radical (unpaired) electrons. The summed E-state index contributed by atoms with van der Waals surface area (Å²) in [6, 6.07) is 7.33. The van der Waals surface area contributed by atoms with E-state index in [4.69, 9.17) is 5.73 Å². The Bertz CT molecular complexity index is 717. The molecule has 1 aromatic carbocycles. The molecule has 0 spiro atoms. The molecule has 100 valence electrons. The molecule has 0 saturated heterocycles. The minimum atomic E-state index is -0.463. The maximum atomic E-state index is 11.8. The van der Waals surface area contributed by atoms with Gasteiger partial charge in [-0.25, -0.2) is 9.48 Å². The molecule has 0 unspecified atom stereocenters. The van der Waals surface area contributed by atoms with E-state index in [2.05, 4.69) is 10.4 Å². The van der Waals surface area contributed by atoms with E-state index in [9.17, 15) is 9.59 Å². The second-order valence-electron chi connectivity index (χ2n) is 4.17. The standard InChI is InChI=1S/C12H15N5O2/c1-16-11(18)10(15-17(2)12(16)19)14-7-8-5-3-4-6-9(8)13/h3-6H,7,13H2,1-2H3,(H,14,15). The number of nitrogens with one attached hydrogen (secondary N) is 1. The topological polar surface area (TPSA) is 94.9 Å². The highest BCUT2D eigenvalue weighted by Gasteiger charge is 2.08. The van der Waals surface area contributed by atoms with Crippen molar-refractivity contribution in [2.75, 3.05) is 11.1 Å². The molecule has 0 aliphatic carbocycles. The number of para-hydroxylation sites is 1. The number of hydrogen-bond donors (Lipinski definition) is 2.